The average molecular weight is 366 g/mol. The van der Waals surface area contributed by atoms with Crippen molar-refractivity contribution < 1.29 is 28.2 Å². The fraction of sp³-hybridized carbons (Fsp3) is 0.556. The lowest BCUT2D eigenvalue weighted by atomic mass is 9.43. The monoisotopic (exact) mass is 366 g/mol. The first-order valence-electron chi connectivity index (χ1n) is 8.70. The Bertz CT molecular complexity index is 735. The van der Waals surface area contributed by atoms with E-state index in [0.29, 0.717) is 5.56 Å². The lowest BCUT2D eigenvalue weighted by Crippen LogP contribution is -2.84. The molecule has 3 atom stereocenters. The van der Waals surface area contributed by atoms with Crippen molar-refractivity contribution in [1.82, 2.24) is 10.6 Å². The number of fused-ring (bicyclic) bond motifs is 1. The second kappa shape index (κ2) is 5.90. The van der Waals surface area contributed by atoms with Gasteiger partial charge in [-0.15, -0.1) is 0 Å². The molecule has 0 aromatic heterocycles. The van der Waals surface area contributed by atoms with Crippen molar-refractivity contribution in [3.05, 3.63) is 29.8 Å². The van der Waals surface area contributed by atoms with E-state index in [0.717, 1.165) is 19.3 Å². The topological polar surface area (TPSA) is 87.7 Å². The standard InChI is InChI=1S/C18H20F2N2O4/c19-13(20)9-26-11-4-2-10(3-5-11)14-15(24)22-18(16(25)21-14)8-12(23)17(18)6-1-7-17/h2-5,12-14,23H,1,6-9H2,(H,21,25)(H,22,24)/t12-,14?,18+/m1/s1. The number of carbonyl (C=O) groups is 2. The summed E-state index contributed by atoms with van der Waals surface area (Å²) in [4.78, 5) is 25.4. The van der Waals surface area contributed by atoms with Crippen LogP contribution in [0.1, 0.15) is 37.3 Å². The van der Waals surface area contributed by atoms with Crippen LogP contribution in [0.25, 0.3) is 0 Å². The summed E-state index contributed by atoms with van der Waals surface area (Å²) in [5, 5.41) is 15.8. The zero-order chi connectivity index (χ0) is 18.5. The zero-order valence-corrected chi connectivity index (χ0v) is 14.0. The number of hydrogen-bond acceptors (Lipinski definition) is 4. The summed E-state index contributed by atoms with van der Waals surface area (Å²) >= 11 is 0. The third-order valence-corrected chi connectivity index (χ3v) is 6.08. The van der Waals surface area contributed by atoms with E-state index in [1.165, 1.54) is 12.1 Å². The van der Waals surface area contributed by atoms with E-state index in [1.54, 1.807) is 12.1 Å². The van der Waals surface area contributed by atoms with Crippen LogP contribution in [0.3, 0.4) is 0 Å². The quantitative estimate of drug-likeness (QED) is 0.749. The number of piperazine rings is 1. The van der Waals surface area contributed by atoms with Gasteiger partial charge in [0, 0.05) is 11.8 Å². The van der Waals surface area contributed by atoms with Crippen molar-refractivity contribution >= 4 is 11.8 Å². The van der Waals surface area contributed by atoms with Crippen LogP contribution in [0.15, 0.2) is 24.3 Å². The fourth-order valence-electron chi connectivity index (χ4n) is 4.46. The Labute approximate surface area is 148 Å². The van der Waals surface area contributed by atoms with Crippen LogP contribution in [-0.2, 0) is 9.59 Å². The molecule has 4 rings (SSSR count). The summed E-state index contributed by atoms with van der Waals surface area (Å²) in [6.07, 6.45) is -0.509. The predicted octanol–water partition coefficient (Wildman–Crippen LogP) is 1.29. The van der Waals surface area contributed by atoms with Crippen molar-refractivity contribution in [1.29, 1.82) is 0 Å². The van der Waals surface area contributed by atoms with Gasteiger partial charge in [-0.1, -0.05) is 18.6 Å². The lowest BCUT2D eigenvalue weighted by Gasteiger charge is -2.67. The van der Waals surface area contributed by atoms with Gasteiger partial charge < -0.3 is 20.5 Å². The lowest BCUT2D eigenvalue weighted by molar-refractivity contribution is -0.209. The summed E-state index contributed by atoms with van der Waals surface area (Å²) in [5.41, 5.74) is -1.01. The molecule has 140 valence electrons. The van der Waals surface area contributed by atoms with Crippen LogP contribution >= 0.6 is 0 Å². The van der Waals surface area contributed by atoms with Crippen LogP contribution in [-0.4, -0.2) is 41.6 Å². The molecular weight excluding hydrogens is 346 g/mol. The Morgan fingerprint density at radius 1 is 1.23 bits per heavy atom. The molecule has 1 heterocycles. The summed E-state index contributed by atoms with van der Waals surface area (Å²) in [6, 6.07) is 5.26. The van der Waals surface area contributed by atoms with E-state index in [4.69, 9.17) is 4.74 Å². The summed E-state index contributed by atoms with van der Waals surface area (Å²) in [7, 11) is 0. The molecule has 2 spiro atoms. The van der Waals surface area contributed by atoms with Gasteiger partial charge in [0.25, 0.3) is 6.43 Å². The fourth-order valence-corrected chi connectivity index (χ4v) is 4.46. The van der Waals surface area contributed by atoms with Gasteiger partial charge in [-0.25, -0.2) is 8.78 Å². The first-order valence-corrected chi connectivity index (χ1v) is 8.70. The van der Waals surface area contributed by atoms with Gasteiger partial charge in [-0.2, -0.15) is 0 Å². The molecule has 1 saturated heterocycles. The number of amides is 2. The van der Waals surface area contributed by atoms with Crippen molar-refractivity contribution in [2.75, 3.05) is 6.61 Å². The Kier molecular flexibility index (Phi) is 3.91. The van der Waals surface area contributed by atoms with E-state index < -0.39 is 36.1 Å². The van der Waals surface area contributed by atoms with Gasteiger partial charge in [-0.05, 0) is 30.5 Å². The minimum absolute atomic E-state index is 0.234. The zero-order valence-electron chi connectivity index (χ0n) is 14.0. The highest BCUT2D eigenvalue weighted by Gasteiger charge is 2.73. The van der Waals surface area contributed by atoms with Crippen molar-refractivity contribution in [3.8, 4) is 5.75 Å². The van der Waals surface area contributed by atoms with E-state index in [-0.39, 0.29) is 24.0 Å². The predicted molar refractivity (Wildman–Crippen MR) is 86.6 cm³/mol. The number of rotatable bonds is 4. The Morgan fingerprint density at radius 2 is 1.92 bits per heavy atom. The van der Waals surface area contributed by atoms with E-state index in [9.17, 15) is 23.5 Å². The third kappa shape index (κ3) is 2.31. The minimum atomic E-state index is -2.56. The SMILES string of the molecule is O=C1N[C@@]2(C[C@@H](O)C23CCC3)C(=O)NC1c1ccc(OCC(F)F)cc1. The molecular formula is C18H20F2N2O4. The van der Waals surface area contributed by atoms with Gasteiger partial charge in [0.1, 0.15) is 23.9 Å². The largest absolute Gasteiger partial charge is 0.488 e. The smallest absolute Gasteiger partial charge is 0.272 e. The molecule has 3 aliphatic rings. The molecule has 2 amide bonds. The molecule has 2 saturated carbocycles. The molecule has 0 bridgehead atoms. The molecule has 8 heteroatoms. The van der Waals surface area contributed by atoms with E-state index >= 15 is 0 Å². The van der Waals surface area contributed by atoms with Crippen molar-refractivity contribution in [2.24, 2.45) is 5.41 Å². The molecule has 0 radical (unpaired) electrons. The maximum atomic E-state index is 12.8. The summed E-state index contributed by atoms with van der Waals surface area (Å²) in [6.45, 7) is -0.701. The molecule has 1 aromatic carbocycles. The summed E-state index contributed by atoms with van der Waals surface area (Å²) in [5.74, 6) is -0.335. The molecule has 1 unspecified atom stereocenters. The number of carbonyl (C=O) groups excluding carboxylic acids is 2. The highest BCUT2D eigenvalue weighted by atomic mass is 19.3. The van der Waals surface area contributed by atoms with Crippen molar-refractivity contribution in [3.63, 3.8) is 0 Å². The molecule has 3 fully saturated rings. The number of nitrogens with one attached hydrogen (secondary N) is 2. The first kappa shape index (κ1) is 17.2. The van der Waals surface area contributed by atoms with Gasteiger partial charge in [0.2, 0.25) is 11.8 Å². The van der Waals surface area contributed by atoms with Gasteiger partial charge >= 0.3 is 0 Å². The first-order chi connectivity index (χ1) is 12.4. The maximum Gasteiger partial charge on any atom is 0.272 e. The summed E-state index contributed by atoms with van der Waals surface area (Å²) < 4.78 is 29.3. The highest BCUT2D eigenvalue weighted by Crippen LogP contribution is 2.62. The van der Waals surface area contributed by atoms with E-state index in [1.807, 2.05) is 0 Å². The number of benzene rings is 1. The van der Waals surface area contributed by atoms with Gasteiger partial charge in [0.15, 0.2) is 0 Å². The number of hydrogen-bond donors (Lipinski definition) is 3. The third-order valence-electron chi connectivity index (χ3n) is 6.08. The average Bonchev–Trinajstić information content (AvgIpc) is 2.54. The highest BCUT2D eigenvalue weighted by molar-refractivity contribution is 6.02. The number of aliphatic hydroxyl groups is 1. The van der Waals surface area contributed by atoms with Gasteiger partial charge in [0.05, 0.1) is 6.10 Å². The molecule has 1 aliphatic heterocycles. The van der Waals surface area contributed by atoms with Crippen molar-refractivity contribution in [2.45, 2.75) is 49.8 Å². The maximum absolute atomic E-state index is 12.8. The van der Waals surface area contributed by atoms with Crippen LogP contribution < -0.4 is 15.4 Å². The minimum Gasteiger partial charge on any atom is -0.488 e. The number of ether oxygens (including phenoxy) is 1. The second-order valence-corrected chi connectivity index (χ2v) is 7.30. The Morgan fingerprint density at radius 3 is 2.46 bits per heavy atom. The Balaban J connectivity index is 1.49. The number of aliphatic hydroxyl groups excluding tert-OH is 1. The van der Waals surface area contributed by atoms with Gasteiger partial charge in [-0.3, -0.25) is 9.59 Å². The van der Waals surface area contributed by atoms with Crippen LogP contribution in [0.5, 0.6) is 5.75 Å². The van der Waals surface area contributed by atoms with Crippen LogP contribution in [0.2, 0.25) is 0 Å². The molecule has 3 N–H and O–H groups in total. The number of halogens is 2. The van der Waals surface area contributed by atoms with E-state index in [2.05, 4.69) is 10.6 Å². The molecule has 2 aliphatic carbocycles. The Hall–Kier alpha value is -2.22. The second-order valence-electron chi connectivity index (χ2n) is 7.30. The number of alkyl halides is 2. The van der Waals surface area contributed by atoms with Crippen LogP contribution in [0, 0.1) is 5.41 Å². The molecule has 6 nitrogen and oxygen atoms in total. The van der Waals surface area contributed by atoms with Crippen LogP contribution in [0.4, 0.5) is 8.78 Å². The molecule has 1 aromatic rings. The molecule has 26 heavy (non-hydrogen) atoms. The normalized spacial score (nSPS) is 32.0.